The summed E-state index contributed by atoms with van der Waals surface area (Å²) < 4.78 is 15.5. The zero-order valence-electron chi connectivity index (χ0n) is 11.3. The first-order valence-corrected chi connectivity index (χ1v) is 6.62. The van der Waals surface area contributed by atoms with E-state index in [2.05, 4.69) is 6.07 Å². The molecule has 0 saturated carbocycles. The fourth-order valence-electron chi connectivity index (χ4n) is 2.08. The third-order valence-corrected chi connectivity index (χ3v) is 3.14. The van der Waals surface area contributed by atoms with Crippen molar-refractivity contribution < 1.29 is 19.0 Å². The van der Waals surface area contributed by atoms with E-state index in [4.69, 9.17) is 14.2 Å². The van der Waals surface area contributed by atoms with Crippen molar-refractivity contribution in [2.24, 2.45) is 0 Å². The van der Waals surface area contributed by atoms with Gasteiger partial charge >= 0.3 is 0 Å². The fraction of sp³-hybridized carbons (Fsp3) is 0.533. The summed E-state index contributed by atoms with van der Waals surface area (Å²) in [7, 11) is 1.61. The molecule has 2 rings (SSSR count). The SMILES string of the molecule is COCCOCC(=O)CCc1ccc2c(c1)CCO2. The van der Waals surface area contributed by atoms with Crippen molar-refractivity contribution in [2.75, 3.05) is 33.5 Å². The number of carbonyl (C=O) groups is 1. The number of carbonyl (C=O) groups excluding carboxylic acids is 1. The van der Waals surface area contributed by atoms with E-state index in [-0.39, 0.29) is 12.4 Å². The van der Waals surface area contributed by atoms with Gasteiger partial charge in [-0.05, 0) is 23.6 Å². The van der Waals surface area contributed by atoms with Crippen LogP contribution in [-0.4, -0.2) is 39.3 Å². The second-order valence-electron chi connectivity index (χ2n) is 4.62. The molecule has 0 aromatic heterocycles. The second-order valence-corrected chi connectivity index (χ2v) is 4.62. The molecule has 1 aliphatic rings. The van der Waals surface area contributed by atoms with Gasteiger partial charge in [-0.15, -0.1) is 0 Å². The lowest BCUT2D eigenvalue weighted by Crippen LogP contribution is -2.12. The van der Waals surface area contributed by atoms with Crippen LogP contribution in [0.5, 0.6) is 5.75 Å². The number of hydrogen-bond donors (Lipinski definition) is 0. The van der Waals surface area contributed by atoms with E-state index >= 15 is 0 Å². The van der Waals surface area contributed by atoms with E-state index in [9.17, 15) is 4.79 Å². The number of ketones is 1. The minimum absolute atomic E-state index is 0.132. The molecule has 0 unspecified atom stereocenters. The molecule has 1 aliphatic heterocycles. The highest BCUT2D eigenvalue weighted by Gasteiger charge is 2.12. The molecule has 0 amide bonds. The Labute approximate surface area is 113 Å². The number of Topliss-reactive ketones (excluding diaryl/α,β-unsaturated/α-hetero) is 1. The van der Waals surface area contributed by atoms with Crippen LogP contribution in [0.3, 0.4) is 0 Å². The summed E-state index contributed by atoms with van der Waals surface area (Å²) in [5.41, 5.74) is 2.44. The van der Waals surface area contributed by atoms with E-state index in [0.717, 1.165) is 25.2 Å². The number of aryl methyl sites for hydroxylation is 1. The Morgan fingerprint density at radius 2 is 2.26 bits per heavy atom. The number of methoxy groups -OCH3 is 1. The maximum absolute atomic E-state index is 11.6. The van der Waals surface area contributed by atoms with Crippen LogP contribution in [0.4, 0.5) is 0 Å². The predicted molar refractivity (Wildman–Crippen MR) is 71.7 cm³/mol. The molecule has 4 nitrogen and oxygen atoms in total. The van der Waals surface area contributed by atoms with Gasteiger partial charge in [0.25, 0.3) is 0 Å². The monoisotopic (exact) mass is 264 g/mol. The molecule has 0 fully saturated rings. The molecule has 4 heteroatoms. The summed E-state index contributed by atoms with van der Waals surface area (Å²) in [6.45, 7) is 1.94. The smallest absolute Gasteiger partial charge is 0.158 e. The standard InChI is InChI=1S/C15H20O4/c1-17-8-9-18-11-14(16)4-2-12-3-5-15-13(10-12)6-7-19-15/h3,5,10H,2,4,6-9,11H2,1H3. The van der Waals surface area contributed by atoms with Gasteiger partial charge in [-0.1, -0.05) is 12.1 Å². The Morgan fingerprint density at radius 3 is 3.11 bits per heavy atom. The van der Waals surface area contributed by atoms with Crippen molar-refractivity contribution >= 4 is 5.78 Å². The highest BCUT2D eigenvalue weighted by Crippen LogP contribution is 2.26. The van der Waals surface area contributed by atoms with Crippen LogP contribution >= 0.6 is 0 Å². The molecule has 0 bridgehead atoms. The van der Waals surface area contributed by atoms with Crippen molar-refractivity contribution in [3.05, 3.63) is 29.3 Å². The van der Waals surface area contributed by atoms with Crippen LogP contribution in [-0.2, 0) is 27.1 Å². The molecule has 104 valence electrons. The largest absolute Gasteiger partial charge is 0.493 e. The van der Waals surface area contributed by atoms with Crippen LogP contribution in [0.1, 0.15) is 17.5 Å². The molecule has 19 heavy (non-hydrogen) atoms. The zero-order valence-corrected chi connectivity index (χ0v) is 11.3. The maximum atomic E-state index is 11.6. The quantitative estimate of drug-likeness (QED) is 0.671. The van der Waals surface area contributed by atoms with E-state index < -0.39 is 0 Å². The van der Waals surface area contributed by atoms with E-state index in [1.165, 1.54) is 11.1 Å². The van der Waals surface area contributed by atoms with Crippen molar-refractivity contribution in [3.8, 4) is 5.75 Å². The van der Waals surface area contributed by atoms with Gasteiger partial charge < -0.3 is 14.2 Å². The Bertz CT molecular complexity index is 428. The Balaban J connectivity index is 1.71. The molecular weight excluding hydrogens is 244 g/mol. The average Bonchev–Trinajstić information content (AvgIpc) is 2.89. The van der Waals surface area contributed by atoms with Crippen LogP contribution < -0.4 is 4.74 Å². The predicted octanol–water partition coefficient (Wildman–Crippen LogP) is 1.79. The maximum Gasteiger partial charge on any atom is 0.158 e. The van der Waals surface area contributed by atoms with Crippen LogP contribution in [0.15, 0.2) is 18.2 Å². The summed E-state index contributed by atoms with van der Waals surface area (Å²) >= 11 is 0. The normalized spacial score (nSPS) is 13.1. The number of benzene rings is 1. The number of ether oxygens (including phenoxy) is 3. The highest BCUT2D eigenvalue weighted by atomic mass is 16.5. The Hall–Kier alpha value is -1.39. The Morgan fingerprint density at radius 1 is 1.37 bits per heavy atom. The lowest BCUT2D eigenvalue weighted by Gasteiger charge is -2.05. The van der Waals surface area contributed by atoms with Crippen LogP contribution in [0.25, 0.3) is 0 Å². The topological polar surface area (TPSA) is 44.8 Å². The van der Waals surface area contributed by atoms with Crippen molar-refractivity contribution in [2.45, 2.75) is 19.3 Å². The number of hydrogen-bond acceptors (Lipinski definition) is 4. The summed E-state index contributed by atoms with van der Waals surface area (Å²) in [4.78, 5) is 11.6. The summed E-state index contributed by atoms with van der Waals surface area (Å²) in [5, 5.41) is 0. The van der Waals surface area contributed by atoms with Gasteiger partial charge in [-0.3, -0.25) is 4.79 Å². The third-order valence-electron chi connectivity index (χ3n) is 3.14. The van der Waals surface area contributed by atoms with Gasteiger partial charge in [0, 0.05) is 20.0 Å². The summed E-state index contributed by atoms with van der Waals surface area (Å²) in [6, 6.07) is 6.17. The van der Waals surface area contributed by atoms with Gasteiger partial charge in [0.1, 0.15) is 12.4 Å². The van der Waals surface area contributed by atoms with Crippen molar-refractivity contribution in [1.82, 2.24) is 0 Å². The fourth-order valence-corrected chi connectivity index (χ4v) is 2.08. The lowest BCUT2D eigenvalue weighted by atomic mass is 10.0. The van der Waals surface area contributed by atoms with Gasteiger partial charge in [0.2, 0.25) is 0 Å². The molecule has 0 spiro atoms. The first kappa shape index (κ1) is 14.0. The highest BCUT2D eigenvalue weighted by molar-refractivity contribution is 5.79. The Kier molecular flexibility index (Phi) is 5.36. The van der Waals surface area contributed by atoms with Gasteiger partial charge in [0.05, 0.1) is 19.8 Å². The average molecular weight is 264 g/mol. The zero-order chi connectivity index (χ0) is 13.5. The molecule has 0 radical (unpaired) electrons. The molecule has 0 atom stereocenters. The van der Waals surface area contributed by atoms with Gasteiger partial charge in [-0.2, -0.15) is 0 Å². The molecule has 1 aromatic rings. The lowest BCUT2D eigenvalue weighted by molar-refractivity contribution is -0.123. The number of fused-ring (bicyclic) bond motifs is 1. The minimum Gasteiger partial charge on any atom is -0.493 e. The molecule has 1 heterocycles. The van der Waals surface area contributed by atoms with Gasteiger partial charge in [-0.25, -0.2) is 0 Å². The van der Waals surface area contributed by atoms with Crippen LogP contribution in [0, 0.1) is 0 Å². The summed E-state index contributed by atoms with van der Waals surface area (Å²) in [6.07, 6.45) is 2.25. The summed E-state index contributed by atoms with van der Waals surface area (Å²) in [5.74, 6) is 1.12. The van der Waals surface area contributed by atoms with E-state index in [1.807, 2.05) is 12.1 Å². The van der Waals surface area contributed by atoms with E-state index in [0.29, 0.717) is 19.6 Å². The number of rotatable bonds is 8. The molecule has 0 saturated heterocycles. The van der Waals surface area contributed by atoms with Crippen LogP contribution in [0.2, 0.25) is 0 Å². The van der Waals surface area contributed by atoms with Gasteiger partial charge in [0.15, 0.2) is 5.78 Å². The molecular formula is C15H20O4. The van der Waals surface area contributed by atoms with Crippen molar-refractivity contribution in [3.63, 3.8) is 0 Å². The van der Waals surface area contributed by atoms with E-state index in [1.54, 1.807) is 7.11 Å². The second kappa shape index (κ2) is 7.26. The molecule has 0 N–H and O–H groups in total. The van der Waals surface area contributed by atoms with Crippen molar-refractivity contribution in [1.29, 1.82) is 0 Å². The molecule has 0 aliphatic carbocycles. The first-order chi connectivity index (χ1) is 9.29. The minimum atomic E-state index is 0.132. The molecule has 1 aromatic carbocycles. The first-order valence-electron chi connectivity index (χ1n) is 6.62. The third kappa shape index (κ3) is 4.33.